The fraction of sp³-hybridized carbons (Fsp3) is 0.600. The third-order valence-electron chi connectivity index (χ3n) is 3.90. The number of hydrogen-bond acceptors (Lipinski definition) is 4. The average Bonchev–Trinajstić information content (AvgIpc) is 2.86. The lowest BCUT2D eigenvalue weighted by atomic mass is 9.96. The molecule has 1 aromatic rings. The van der Waals surface area contributed by atoms with Crippen molar-refractivity contribution < 1.29 is 14.6 Å². The van der Waals surface area contributed by atoms with Crippen LogP contribution in [0.1, 0.15) is 30.7 Å². The smallest absolute Gasteiger partial charge is 0.306 e. The molecular weight excluding hydrogens is 256 g/mol. The van der Waals surface area contributed by atoms with Crippen LogP contribution in [0.15, 0.2) is 12.1 Å². The third-order valence-corrected chi connectivity index (χ3v) is 3.90. The summed E-state index contributed by atoms with van der Waals surface area (Å²) in [6.45, 7) is 3.30. The Morgan fingerprint density at radius 2 is 2.30 bits per heavy atom. The zero-order chi connectivity index (χ0) is 14.5. The van der Waals surface area contributed by atoms with Gasteiger partial charge in [0.2, 0.25) is 0 Å². The van der Waals surface area contributed by atoms with E-state index in [-0.39, 0.29) is 11.8 Å². The first-order valence-corrected chi connectivity index (χ1v) is 7.05. The number of hydrogen-bond donors (Lipinski definition) is 2. The zero-order valence-corrected chi connectivity index (χ0v) is 12.1. The van der Waals surface area contributed by atoms with Crippen molar-refractivity contribution in [2.75, 3.05) is 13.7 Å². The molecule has 1 aromatic heterocycles. The van der Waals surface area contributed by atoms with Crippen molar-refractivity contribution in [1.82, 2.24) is 10.3 Å². The standard InChI is InChI=1S/C15H22N2O3/c1-10-6-13(20-2)7-12(17-10)9-16-8-11-4-3-5-14(11)15(18)19/h6-7,11,14,16H,3-5,8-9H2,1-2H3,(H,18,19). The maximum atomic E-state index is 11.1. The molecule has 1 aliphatic rings. The van der Waals surface area contributed by atoms with Crippen LogP contribution in [0.3, 0.4) is 0 Å². The Kier molecular flexibility index (Phi) is 4.95. The lowest BCUT2D eigenvalue weighted by Gasteiger charge is -2.16. The molecule has 0 spiro atoms. The molecule has 2 rings (SSSR count). The van der Waals surface area contributed by atoms with E-state index in [2.05, 4.69) is 10.3 Å². The number of pyridine rings is 1. The van der Waals surface area contributed by atoms with E-state index in [0.29, 0.717) is 6.54 Å². The summed E-state index contributed by atoms with van der Waals surface area (Å²) in [6, 6.07) is 3.80. The molecular formula is C15H22N2O3. The molecule has 1 fully saturated rings. The molecule has 0 aliphatic heterocycles. The molecule has 0 radical (unpaired) electrons. The van der Waals surface area contributed by atoms with Gasteiger partial charge in [-0.15, -0.1) is 0 Å². The molecule has 0 bridgehead atoms. The number of nitrogens with one attached hydrogen (secondary N) is 1. The number of aromatic nitrogens is 1. The Balaban J connectivity index is 1.86. The van der Waals surface area contributed by atoms with Crippen molar-refractivity contribution in [2.24, 2.45) is 11.8 Å². The Bertz CT molecular complexity index is 476. The molecule has 110 valence electrons. The summed E-state index contributed by atoms with van der Waals surface area (Å²) < 4.78 is 5.22. The van der Waals surface area contributed by atoms with Crippen LogP contribution in [0, 0.1) is 18.8 Å². The summed E-state index contributed by atoms with van der Waals surface area (Å²) in [7, 11) is 1.64. The Labute approximate surface area is 119 Å². The molecule has 2 unspecified atom stereocenters. The first-order valence-electron chi connectivity index (χ1n) is 7.05. The third kappa shape index (κ3) is 3.70. The van der Waals surface area contributed by atoms with Gasteiger partial charge in [-0.05, 0) is 32.2 Å². The molecule has 1 aliphatic carbocycles. The molecule has 20 heavy (non-hydrogen) atoms. The molecule has 1 saturated carbocycles. The van der Waals surface area contributed by atoms with Gasteiger partial charge in [0.1, 0.15) is 5.75 Å². The summed E-state index contributed by atoms with van der Waals surface area (Å²) in [6.07, 6.45) is 2.81. The van der Waals surface area contributed by atoms with Crippen LogP contribution in [0.4, 0.5) is 0 Å². The zero-order valence-electron chi connectivity index (χ0n) is 12.1. The summed E-state index contributed by atoms with van der Waals surface area (Å²) >= 11 is 0. The number of methoxy groups -OCH3 is 1. The van der Waals surface area contributed by atoms with Gasteiger partial charge in [-0.2, -0.15) is 0 Å². The van der Waals surface area contributed by atoms with E-state index in [1.165, 1.54) is 0 Å². The first-order chi connectivity index (χ1) is 9.60. The summed E-state index contributed by atoms with van der Waals surface area (Å²) in [5.41, 5.74) is 1.84. The van der Waals surface area contributed by atoms with E-state index in [1.54, 1.807) is 7.11 Å². The van der Waals surface area contributed by atoms with Gasteiger partial charge < -0.3 is 15.2 Å². The van der Waals surface area contributed by atoms with Crippen molar-refractivity contribution in [3.63, 3.8) is 0 Å². The average molecular weight is 278 g/mol. The SMILES string of the molecule is COc1cc(C)nc(CNCC2CCCC2C(=O)O)c1. The predicted molar refractivity (Wildman–Crippen MR) is 75.7 cm³/mol. The second-order valence-electron chi connectivity index (χ2n) is 5.41. The largest absolute Gasteiger partial charge is 0.497 e. The van der Waals surface area contributed by atoms with Crippen LogP contribution in [0.5, 0.6) is 5.75 Å². The van der Waals surface area contributed by atoms with Gasteiger partial charge in [0, 0.05) is 24.4 Å². The van der Waals surface area contributed by atoms with Gasteiger partial charge in [-0.25, -0.2) is 0 Å². The van der Waals surface area contributed by atoms with Gasteiger partial charge in [0.15, 0.2) is 0 Å². The fourth-order valence-corrected chi connectivity index (χ4v) is 2.90. The molecule has 5 nitrogen and oxygen atoms in total. The van der Waals surface area contributed by atoms with Crippen LogP contribution in [-0.2, 0) is 11.3 Å². The van der Waals surface area contributed by atoms with Crippen molar-refractivity contribution in [2.45, 2.75) is 32.7 Å². The lowest BCUT2D eigenvalue weighted by molar-refractivity contribution is -0.142. The van der Waals surface area contributed by atoms with Crippen LogP contribution in [0.25, 0.3) is 0 Å². The molecule has 5 heteroatoms. The number of carboxylic acid groups (broad SMARTS) is 1. The number of nitrogens with zero attached hydrogens (tertiary/aromatic N) is 1. The van der Waals surface area contributed by atoms with Gasteiger partial charge in [0.05, 0.1) is 18.7 Å². The lowest BCUT2D eigenvalue weighted by Crippen LogP contribution is -2.29. The van der Waals surface area contributed by atoms with Crippen LogP contribution < -0.4 is 10.1 Å². The highest BCUT2D eigenvalue weighted by Crippen LogP contribution is 2.31. The van der Waals surface area contributed by atoms with Crippen LogP contribution >= 0.6 is 0 Å². The van der Waals surface area contributed by atoms with E-state index in [4.69, 9.17) is 9.84 Å². The molecule has 2 N–H and O–H groups in total. The second kappa shape index (κ2) is 6.70. The van der Waals surface area contributed by atoms with Crippen molar-refractivity contribution in [3.8, 4) is 5.75 Å². The maximum absolute atomic E-state index is 11.1. The van der Waals surface area contributed by atoms with Crippen LogP contribution in [-0.4, -0.2) is 29.7 Å². The van der Waals surface area contributed by atoms with Crippen molar-refractivity contribution in [1.29, 1.82) is 0 Å². The Morgan fingerprint density at radius 3 is 3.00 bits per heavy atom. The van der Waals surface area contributed by atoms with Crippen molar-refractivity contribution in [3.05, 3.63) is 23.5 Å². The molecule has 0 aromatic carbocycles. The second-order valence-corrected chi connectivity index (χ2v) is 5.41. The van der Waals surface area contributed by atoms with E-state index in [9.17, 15) is 4.79 Å². The first kappa shape index (κ1) is 14.8. The van der Waals surface area contributed by atoms with Crippen LogP contribution in [0.2, 0.25) is 0 Å². The highest BCUT2D eigenvalue weighted by molar-refractivity contribution is 5.70. The van der Waals surface area contributed by atoms with E-state index >= 15 is 0 Å². The topological polar surface area (TPSA) is 71.5 Å². The minimum absolute atomic E-state index is 0.192. The molecule has 1 heterocycles. The highest BCUT2D eigenvalue weighted by Gasteiger charge is 2.32. The number of rotatable bonds is 6. The van der Waals surface area contributed by atoms with Gasteiger partial charge in [-0.3, -0.25) is 9.78 Å². The quantitative estimate of drug-likeness (QED) is 0.832. The molecule has 0 saturated heterocycles. The molecule has 2 atom stereocenters. The van der Waals surface area contributed by atoms with E-state index in [1.807, 2.05) is 19.1 Å². The minimum atomic E-state index is -0.662. The number of aliphatic carboxylic acids is 1. The van der Waals surface area contributed by atoms with Gasteiger partial charge in [0.25, 0.3) is 0 Å². The Morgan fingerprint density at radius 1 is 1.50 bits per heavy atom. The number of ether oxygens (including phenoxy) is 1. The van der Waals surface area contributed by atoms with Gasteiger partial charge in [-0.1, -0.05) is 6.42 Å². The van der Waals surface area contributed by atoms with Crippen molar-refractivity contribution >= 4 is 5.97 Å². The summed E-state index contributed by atoms with van der Waals surface area (Å²) in [4.78, 5) is 15.6. The predicted octanol–water partition coefficient (Wildman–Crippen LogP) is 1.99. The summed E-state index contributed by atoms with van der Waals surface area (Å²) in [5.74, 6) is 0.185. The number of carboxylic acids is 1. The number of aryl methyl sites for hydroxylation is 1. The van der Waals surface area contributed by atoms with E-state index in [0.717, 1.165) is 42.9 Å². The minimum Gasteiger partial charge on any atom is -0.497 e. The maximum Gasteiger partial charge on any atom is 0.306 e. The number of carbonyl (C=O) groups is 1. The fourth-order valence-electron chi connectivity index (χ4n) is 2.90. The Hall–Kier alpha value is -1.62. The summed E-state index contributed by atoms with van der Waals surface area (Å²) in [5, 5.41) is 12.5. The van der Waals surface area contributed by atoms with E-state index < -0.39 is 5.97 Å². The highest BCUT2D eigenvalue weighted by atomic mass is 16.5. The monoisotopic (exact) mass is 278 g/mol. The van der Waals surface area contributed by atoms with Gasteiger partial charge >= 0.3 is 5.97 Å². The normalized spacial score (nSPS) is 21.9. The molecule has 0 amide bonds.